The quantitative estimate of drug-likeness (QED) is 0.592. The molecule has 0 aromatic heterocycles. The van der Waals surface area contributed by atoms with Crippen LogP contribution in [0.2, 0.25) is 0 Å². The number of rotatable bonds is 4. The van der Waals surface area contributed by atoms with E-state index in [0.29, 0.717) is 6.42 Å². The summed E-state index contributed by atoms with van der Waals surface area (Å²) in [4.78, 5) is 11.4. The fourth-order valence-electron chi connectivity index (χ4n) is 1.06. The van der Waals surface area contributed by atoms with E-state index in [0.717, 1.165) is 17.7 Å². The third-order valence-corrected chi connectivity index (χ3v) is 2.09. The second-order valence-electron chi connectivity index (χ2n) is 3.40. The van der Waals surface area contributed by atoms with Gasteiger partial charge >= 0.3 is 0 Å². The number of hydrogen-bond acceptors (Lipinski definition) is 2. The van der Waals surface area contributed by atoms with Crippen LogP contribution in [-0.4, -0.2) is 11.6 Å². The Morgan fingerprint density at radius 3 is 2.60 bits per heavy atom. The molecule has 0 aliphatic carbocycles. The molecule has 1 rings (SSSR count). The van der Waals surface area contributed by atoms with E-state index in [1.54, 1.807) is 0 Å². The van der Waals surface area contributed by atoms with E-state index in [9.17, 15) is 4.79 Å². The van der Waals surface area contributed by atoms with Crippen LogP contribution in [0.25, 0.3) is 0 Å². The molecule has 0 saturated heterocycles. The van der Waals surface area contributed by atoms with Crippen LogP contribution in [0.1, 0.15) is 25.8 Å². The smallest absolute Gasteiger partial charge is 0.244 e. The molecule has 0 bridgehead atoms. The van der Waals surface area contributed by atoms with E-state index in [1.807, 2.05) is 44.2 Å². The van der Waals surface area contributed by atoms with Crippen LogP contribution < -0.4 is 5.43 Å². The highest BCUT2D eigenvalue weighted by Crippen LogP contribution is 1.98. The molecule has 1 aromatic carbocycles. The van der Waals surface area contributed by atoms with Crippen molar-refractivity contribution in [1.82, 2.24) is 5.43 Å². The number of nitrogens with one attached hydrogen (secondary N) is 1. The van der Waals surface area contributed by atoms with Crippen molar-refractivity contribution in [2.45, 2.75) is 26.7 Å². The van der Waals surface area contributed by atoms with Gasteiger partial charge in [-0.2, -0.15) is 5.10 Å². The van der Waals surface area contributed by atoms with Crippen molar-refractivity contribution in [2.24, 2.45) is 5.10 Å². The minimum Gasteiger partial charge on any atom is -0.273 e. The molecule has 0 unspecified atom stereocenters. The van der Waals surface area contributed by atoms with E-state index in [-0.39, 0.29) is 5.91 Å². The highest BCUT2D eigenvalue weighted by atomic mass is 16.2. The Bertz CT molecular complexity index is 344. The molecule has 80 valence electrons. The van der Waals surface area contributed by atoms with Gasteiger partial charge in [-0.25, -0.2) is 5.43 Å². The van der Waals surface area contributed by atoms with Gasteiger partial charge in [0.1, 0.15) is 0 Å². The number of hydrogen-bond donors (Lipinski definition) is 1. The lowest BCUT2D eigenvalue weighted by molar-refractivity contribution is -0.120. The molecule has 0 spiro atoms. The first-order chi connectivity index (χ1) is 7.22. The fourth-order valence-corrected chi connectivity index (χ4v) is 1.06. The van der Waals surface area contributed by atoms with Crippen molar-refractivity contribution in [2.75, 3.05) is 0 Å². The minimum atomic E-state index is -0.0750. The van der Waals surface area contributed by atoms with Gasteiger partial charge in [-0.15, -0.1) is 0 Å². The first kappa shape index (κ1) is 11.4. The molecule has 0 heterocycles. The molecule has 0 radical (unpaired) electrons. The van der Waals surface area contributed by atoms with Crippen molar-refractivity contribution < 1.29 is 4.79 Å². The van der Waals surface area contributed by atoms with Crippen molar-refractivity contribution in [3.8, 4) is 0 Å². The Morgan fingerprint density at radius 1 is 1.33 bits per heavy atom. The maximum Gasteiger partial charge on any atom is 0.244 e. The Kier molecular flexibility index (Phi) is 4.54. The van der Waals surface area contributed by atoms with Crippen LogP contribution >= 0.6 is 0 Å². The summed E-state index contributed by atoms with van der Waals surface area (Å²) in [6, 6.07) is 9.62. The fraction of sp³-hybridized carbons (Fsp3) is 0.333. The molecule has 3 heteroatoms. The maximum atomic E-state index is 11.4. The zero-order valence-corrected chi connectivity index (χ0v) is 9.16. The van der Waals surface area contributed by atoms with Gasteiger partial charge in [-0.3, -0.25) is 4.79 Å². The number of benzene rings is 1. The highest BCUT2D eigenvalue weighted by molar-refractivity contribution is 5.84. The van der Waals surface area contributed by atoms with Crippen molar-refractivity contribution in [1.29, 1.82) is 0 Å². The van der Waals surface area contributed by atoms with E-state index >= 15 is 0 Å². The summed E-state index contributed by atoms with van der Waals surface area (Å²) in [6.07, 6.45) is 1.23. The molecule has 1 aromatic rings. The Hall–Kier alpha value is -1.64. The SMILES string of the molecule is CC/C(C)=N/NC(=O)Cc1ccccc1. The maximum absolute atomic E-state index is 11.4. The first-order valence-electron chi connectivity index (χ1n) is 5.08. The lowest BCUT2D eigenvalue weighted by Gasteiger charge is -2.01. The number of amides is 1. The summed E-state index contributed by atoms with van der Waals surface area (Å²) in [5, 5.41) is 3.96. The van der Waals surface area contributed by atoms with Gasteiger partial charge in [-0.05, 0) is 18.9 Å². The van der Waals surface area contributed by atoms with Gasteiger partial charge in [0.25, 0.3) is 0 Å². The standard InChI is InChI=1S/C12H16N2O/c1-3-10(2)13-14-12(15)9-11-7-5-4-6-8-11/h4-8H,3,9H2,1-2H3,(H,14,15)/b13-10+. The molecule has 1 amide bonds. The van der Waals surface area contributed by atoms with E-state index < -0.39 is 0 Å². The molecule has 0 atom stereocenters. The van der Waals surface area contributed by atoms with E-state index in [1.165, 1.54) is 0 Å². The molecule has 15 heavy (non-hydrogen) atoms. The molecule has 0 saturated carbocycles. The Labute approximate surface area is 90.2 Å². The van der Waals surface area contributed by atoms with E-state index in [4.69, 9.17) is 0 Å². The summed E-state index contributed by atoms with van der Waals surface area (Å²) in [6.45, 7) is 3.89. The normalized spacial score (nSPS) is 11.2. The first-order valence-corrected chi connectivity index (χ1v) is 5.08. The molecule has 3 nitrogen and oxygen atoms in total. The van der Waals surface area contributed by atoms with Gasteiger partial charge in [0.05, 0.1) is 6.42 Å². The second kappa shape index (κ2) is 5.96. The second-order valence-corrected chi connectivity index (χ2v) is 3.40. The van der Waals surface area contributed by atoms with E-state index in [2.05, 4.69) is 10.5 Å². The van der Waals surface area contributed by atoms with Crippen LogP contribution in [0.5, 0.6) is 0 Å². The predicted octanol–water partition coefficient (Wildman–Crippen LogP) is 2.13. The Balaban J connectivity index is 2.44. The van der Waals surface area contributed by atoms with Crippen molar-refractivity contribution in [3.63, 3.8) is 0 Å². The van der Waals surface area contributed by atoms with Crippen LogP contribution in [-0.2, 0) is 11.2 Å². The summed E-state index contributed by atoms with van der Waals surface area (Å²) in [7, 11) is 0. The third kappa shape index (κ3) is 4.40. The number of carbonyl (C=O) groups is 1. The summed E-state index contributed by atoms with van der Waals surface area (Å²) < 4.78 is 0. The summed E-state index contributed by atoms with van der Waals surface area (Å²) in [5.74, 6) is -0.0750. The monoisotopic (exact) mass is 204 g/mol. The number of carbonyl (C=O) groups excluding carboxylic acids is 1. The zero-order chi connectivity index (χ0) is 11.1. The predicted molar refractivity (Wildman–Crippen MR) is 61.7 cm³/mol. The van der Waals surface area contributed by atoms with Crippen molar-refractivity contribution in [3.05, 3.63) is 35.9 Å². The van der Waals surface area contributed by atoms with Crippen LogP contribution in [0.15, 0.2) is 35.4 Å². The van der Waals surface area contributed by atoms with Crippen LogP contribution in [0, 0.1) is 0 Å². The van der Waals surface area contributed by atoms with Crippen LogP contribution in [0.3, 0.4) is 0 Å². The topological polar surface area (TPSA) is 41.5 Å². The average Bonchev–Trinajstić information content (AvgIpc) is 2.27. The van der Waals surface area contributed by atoms with Crippen LogP contribution in [0.4, 0.5) is 0 Å². The lowest BCUT2D eigenvalue weighted by Crippen LogP contribution is -2.20. The number of nitrogens with zero attached hydrogens (tertiary/aromatic N) is 1. The third-order valence-electron chi connectivity index (χ3n) is 2.09. The largest absolute Gasteiger partial charge is 0.273 e. The Morgan fingerprint density at radius 2 is 2.00 bits per heavy atom. The summed E-state index contributed by atoms with van der Waals surface area (Å²) >= 11 is 0. The minimum absolute atomic E-state index is 0.0750. The van der Waals surface area contributed by atoms with Gasteiger partial charge in [0, 0.05) is 5.71 Å². The van der Waals surface area contributed by atoms with Gasteiger partial charge in [0.15, 0.2) is 0 Å². The zero-order valence-electron chi connectivity index (χ0n) is 9.16. The van der Waals surface area contributed by atoms with Gasteiger partial charge < -0.3 is 0 Å². The average molecular weight is 204 g/mol. The molecular weight excluding hydrogens is 188 g/mol. The lowest BCUT2D eigenvalue weighted by atomic mass is 10.1. The molecular formula is C12H16N2O. The molecule has 1 N–H and O–H groups in total. The van der Waals surface area contributed by atoms with Crippen molar-refractivity contribution >= 4 is 11.6 Å². The van der Waals surface area contributed by atoms with Gasteiger partial charge in [-0.1, -0.05) is 37.3 Å². The van der Waals surface area contributed by atoms with Gasteiger partial charge in [0.2, 0.25) is 5.91 Å². The molecule has 0 aliphatic rings. The molecule has 0 aliphatic heterocycles. The highest BCUT2D eigenvalue weighted by Gasteiger charge is 2.00. The number of hydrazone groups is 1. The summed E-state index contributed by atoms with van der Waals surface area (Å²) in [5.41, 5.74) is 4.46. The molecule has 0 fully saturated rings.